The number of ether oxygens (including phenoxy) is 1. The number of rotatable bonds is 3. The van der Waals surface area contributed by atoms with Crippen LogP contribution in [0.1, 0.15) is 13.8 Å². The minimum atomic E-state index is -0.651. The SMILES string of the molecule is C[C@@H]1CN([C@H](C)C(=O)Nc2cc(F)ccc2F)CCO1. The number of benzene rings is 1. The van der Waals surface area contributed by atoms with Crippen LogP contribution < -0.4 is 5.32 Å². The third kappa shape index (κ3) is 3.52. The summed E-state index contributed by atoms with van der Waals surface area (Å²) in [6, 6.07) is 2.55. The van der Waals surface area contributed by atoms with Gasteiger partial charge >= 0.3 is 0 Å². The standard InChI is InChI=1S/C14H18F2N2O2/c1-9-8-18(5-6-20-9)10(2)14(19)17-13-7-11(15)3-4-12(13)16/h3-4,7,9-10H,5-6,8H2,1-2H3,(H,17,19)/t9-,10-/m1/s1. The number of hydrogen-bond acceptors (Lipinski definition) is 3. The topological polar surface area (TPSA) is 41.6 Å². The average Bonchev–Trinajstić information content (AvgIpc) is 2.42. The van der Waals surface area contributed by atoms with Crippen molar-refractivity contribution in [1.82, 2.24) is 4.90 Å². The first-order chi connectivity index (χ1) is 9.47. The molecule has 4 nitrogen and oxygen atoms in total. The molecule has 1 amide bonds. The first kappa shape index (κ1) is 14.9. The van der Waals surface area contributed by atoms with E-state index in [0.717, 1.165) is 18.2 Å². The molecule has 2 rings (SSSR count). The zero-order chi connectivity index (χ0) is 14.7. The molecule has 1 aromatic carbocycles. The Morgan fingerprint density at radius 2 is 2.25 bits per heavy atom. The number of halogens is 2. The molecule has 0 unspecified atom stereocenters. The molecule has 1 fully saturated rings. The van der Waals surface area contributed by atoms with Crippen molar-refractivity contribution in [2.75, 3.05) is 25.0 Å². The van der Waals surface area contributed by atoms with Gasteiger partial charge < -0.3 is 10.1 Å². The van der Waals surface area contributed by atoms with Crippen molar-refractivity contribution in [3.05, 3.63) is 29.8 Å². The molecule has 0 bridgehead atoms. The van der Waals surface area contributed by atoms with E-state index in [0.29, 0.717) is 19.7 Å². The Morgan fingerprint density at radius 1 is 1.50 bits per heavy atom. The number of amides is 1. The van der Waals surface area contributed by atoms with Gasteiger partial charge in [0.2, 0.25) is 5.91 Å². The Labute approximate surface area is 116 Å². The second kappa shape index (κ2) is 6.28. The number of hydrogen-bond donors (Lipinski definition) is 1. The highest BCUT2D eigenvalue weighted by molar-refractivity contribution is 5.94. The molecule has 1 saturated heterocycles. The van der Waals surface area contributed by atoms with Crippen LogP contribution >= 0.6 is 0 Å². The first-order valence-corrected chi connectivity index (χ1v) is 6.59. The monoisotopic (exact) mass is 284 g/mol. The van der Waals surface area contributed by atoms with Gasteiger partial charge in [-0.05, 0) is 26.0 Å². The van der Waals surface area contributed by atoms with E-state index in [-0.39, 0.29) is 17.7 Å². The van der Waals surface area contributed by atoms with E-state index < -0.39 is 17.7 Å². The highest BCUT2D eigenvalue weighted by Crippen LogP contribution is 2.17. The summed E-state index contributed by atoms with van der Waals surface area (Å²) in [7, 11) is 0. The smallest absolute Gasteiger partial charge is 0.241 e. The van der Waals surface area contributed by atoms with E-state index in [1.165, 1.54) is 0 Å². The van der Waals surface area contributed by atoms with E-state index in [1.54, 1.807) is 6.92 Å². The van der Waals surface area contributed by atoms with Crippen LogP contribution in [-0.4, -0.2) is 42.6 Å². The summed E-state index contributed by atoms with van der Waals surface area (Å²) in [6.45, 7) is 5.52. The van der Waals surface area contributed by atoms with Gasteiger partial charge in [0, 0.05) is 19.2 Å². The van der Waals surface area contributed by atoms with Crippen molar-refractivity contribution in [1.29, 1.82) is 0 Å². The Balaban J connectivity index is 2.02. The van der Waals surface area contributed by atoms with Gasteiger partial charge in [-0.3, -0.25) is 9.69 Å². The molecule has 0 saturated carbocycles. The zero-order valence-electron chi connectivity index (χ0n) is 11.5. The predicted molar refractivity (Wildman–Crippen MR) is 71.4 cm³/mol. The lowest BCUT2D eigenvalue weighted by Crippen LogP contribution is -2.50. The zero-order valence-corrected chi connectivity index (χ0v) is 11.5. The summed E-state index contributed by atoms with van der Waals surface area (Å²) in [5, 5.41) is 2.43. The molecule has 0 aliphatic carbocycles. The third-order valence-electron chi connectivity index (χ3n) is 3.39. The van der Waals surface area contributed by atoms with E-state index in [2.05, 4.69) is 5.32 Å². The van der Waals surface area contributed by atoms with Crippen LogP contribution in [-0.2, 0) is 9.53 Å². The number of carbonyl (C=O) groups is 1. The highest BCUT2D eigenvalue weighted by atomic mass is 19.1. The number of morpholine rings is 1. The van der Waals surface area contributed by atoms with Crippen LogP contribution in [0.4, 0.5) is 14.5 Å². The lowest BCUT2D eigenvalue weighted by Gasteiger charge is -2.34. The molecule has 0 aromatic heterocycles. The second-order valence-electron chi connectivity index (χ2n) is 4.97. The number of anilines is 1. The molecule has 1 aromatic rings. The maximum Gasteiger partial charge on any atom is 0.241 e. The maximum absolute atomic E-state index is 13.5. The van der Waals surface area contributed by atoms with Crippen LogP contribution in [0.2, 0.25) is 0 Å². The molecule has 1 aliphatic heterocycles. The van der Waals surface area contributed by atoms with Gasteiger partial charge in [0.15, 0.2) is 0 Å². The molecule has 1 N–H and O–H groups in total. The fourth-order valence-electron chi connectivity index (χ4n) is 2.19. The summed E-state index contributed by atoms with van der Waals surface area (Å²) in [4.78, 5) is 14.1. The molecular formula is C14H18F2N2O2. The molecule has 1 heterocycles. The molecule has 6 heteroatoms. The van der Waals surface area contributed by atoms with Gasteiger partial charge in [-0.25, -0.2) is 8.78 Å². The lowest BCUT2D eigenvalue weighted by molar-refractivity contribution is -0.123. The molecular weight excluding hydrogens is 266 g/mol. The third-order valence-corrected chi connectivity index (χ3v) is 3.39. The van der Waals surface area contributed by atoms with E-state index in [4.69, 9.17) is 4.74 Å². The van der Waals surface area contributed by atoms with Crippen LogP contribution in [0.5, 0.6) is 0 Å². The molecule has 0 spiro atoms. The van der Waals surface area contributed by atoms with Gasteiger partial charge in [0.05, 0.1) is 24.4 Å². The lowest BCUT2D eigenvalue weighted by atomic mass is 10.2. The fourth-order valence-corrected chi connectivity index (χ4v) is 2.19. The van der Waals surface area contributed by atoms with E-state index in [1.807, 2.05) is 11.8 Å². The Kier molecular flexibility index (Phi) is 4.67. The van der Waals surface area contributed by atoms with Crippen molar-refractivity contribution < 1.29 is 18.3 Å². The van der Waals surface area contributed by atoms with Gasteiger partial charge in [-0.1, -0.05) is 0 Å². The molecule has 0 radical (unpaired) electrons. The van der Waals surface area contributed by atoms with Crippen molar-refractivity contribution >= 4 is 11.6 Å². The van der Waals surface area contributed by atoms with Gasteiger partial charge in [0.25, 0.3) is 0 Å². The molecule has 20 heavy (non-hydrogen) atoms. The number of nitrogens with one attached hydrogen (secondary N) is 1. The van der Waals surface area contributed by atoms with Crippen molar-refractivity contribution in [2.24, 2.45) is 0 Å². The largest absolute Gasteiger partial charge is 0.376 e. The summed E-state index contributed by atoms with van der Waals surface area (Å²) in [6.07, 6.45) is 0.0601. The summed E-state index contributed by atoms with van der Waals surface area (Å²) < 4.78 is 32.0. The Hall–Kier alpha value is -1.53. The van der Waals surface area contributed by atoms with Gasteiger partial charge in [0.1, 0.15) is 11.6 Å². The van der Waals surface area contributed by atoms with Crippen LogP contribution in [0.25, 0.3) is 0 Å². The Bertz CT molecular complexity index is 496. The fraction of sp³-hybridized carbons (Fsp3) is 0.500. The summed E-state index contributed by atoms with van der Waals surface area (Å²) in [5.41, 5.74) is -0.136. The van der Waals surface area contributed by atoms with E-state index >= 15 is 0 Å². The van der Waals surface area contributed by atoms with E-state index in [9.17, 15) is 13.6 Å². The van der Waals surface area contributed by atoms with Gasteiger partial charge in [-0.2, -0.15) is 0 Å². The molecule has 110 valence electrons. The summed E-state index contributed by atoms with van der Waals surface area (Å²) >= 11 is 0. The number of carbonyl (C=O) groups excluding carboxylic acids is 1. The van der Waals surface area contributed by atoms with Crippen molar-refractivity contribution in [2.45, 2.75) is 26.0 Å². The van der Waals surface area contributed by atoms with Gasteiger partial charge in [-0.15, -0.1) is 0 Å². The second-order valence-corrected chi connectivity index (χ2v) is 4.97. The maximum atomic E-state index is 13.5. The van der Waals surface area contributed by atoms with Crippen LogP contribution in [0.15, 0.2) is 18.2 Å². The number of nitrogens with zero attached hydrogens (tertiary/aromatic N) is 1. The summed E-state index contributed by atoms with van der Waals surface area (Å²) in [5.74, 6) is -1.60. The van der Waals surface area contributed by atoms with Crippen LogP contribution in [0.3, 0.4) is 0 Å². The molecule has 2 atom stereocenters. The molecule has 1 aliphatic rings. The van der Waals surface area contributed by atoms with Crippen molar-refractivity contribution in [3.63, 3.8) is 0 Å². The minimum absolute atomic E-state index is 0.0601. The van der Waals surface area contributed by atoms with Crippen LogP contribution in [0, 0.1) is 11.6 Å². The van der Waals surface area contributed by atoms with Crippen molar-refractivity contribution in [3.8, 4) is 0 Å². The average molecular weight is 284 g/mol. The quantitative estimate of drug-likeness (QED) is 0.923. The predicted octanol–water partition coefficient (Wildman–Crippen LogP) is 2.01. The Morgan fingerprint density at radius 3 is 2.95 bits per heavy atom. The normalized spacial score (nSPS) is 21.5. The minimum Gasteiger partial charge on any atom is -0.376 e. The highest BCUT2D eigenvalue weighted by Gasteiger charge is 2.26. The first-order valence-electron chi connectivity index (χ1n) is 6.59.